The molecule has 1 aromatic rings. The summed E-state index contributed by atoms with van der Waals surface area (Å²) in [4.78, 5) is 19.5. The van der Waals surface area contributed by atoms with Gasteiger partial charge in [-0.1, -0.05) is 0 Å². The van der Waals surface area contributed by atoms with Crippen molar-refractivity contribution in [1.29, 1.82) is 0 Å². The van der Waals surface area contributed by atoms with E-state index in [1.165, 1.54) is 7.11 Å². The fourth-order valence-electron chi connectivity index (χ4n) is 2.66. The molecular weight excluding hydrogens is 274 g/mol. The molecule has 1 unspecified atom stereocenters. The van der Waals surface area contributed by atoms with Gasteiger partial charge in [0, 0.05) is 17.0 Å². The van der Waals surface area contributed by atoms with Crippen LogP contribution >= 0.6 is 11.3 Å². The molecule has 1 fully saturated rings. The Labute approximate surface area is 124 Å². The topological polar surface area (TPSA) is 68.5 Å². The van der Waals surface area contributed by atoms with Crippen molar-refractivity contribution in [1.82, 2.24) is 9.88 Å². The highest BCUT2D eigenvalue weighted by Gasteiger charge is 2.32. The first-order valence-corrected chi connectivity index (χ1v) is 7.72. The van der Waals surface area contributed by atoms with E-state index in [9.17, 15) is 4.79 Å². The summed E-state index contributed by atoms with van der Waals surface area (Å²) in [7, 11) is 1.39. The van der Waals surface area contributed by atoms with E-state index >= 15 is 0 Å². The summed E-state index contributed by atoms with van der Waals surface area (Å²) in [6.07, 6.45) is 2.22. The van der Waals surface area contributed by atoms with Gasteiger partial charge >= 0.3 is 5.97 Å². The SMILES string of the molecule is COC(=O)c1nc(C2CCCN2CC(C)(C)N)sc1C. The standard InChI is InChI=1S/C14H23N3O2S/c1-9-11(13(18)19-4)16-12(20-9)10-6-5-7-17(10)8-14(2,3)15/h10H,5-8,15H2,1-4H3. The van der Waals surface area contributed by atoms with E-state index in [1.807, 2.05) is 20.8 Å². The van der Waals surface area contributed by atoms with Gasteiger partial charge in [0.15, 0.2) is 5.69 Å². The molecule has 6 heteroatoms. The summed E-state index contributed by atoms with van der Waals surface area (Å²) in [5.41, 5.74) is 6.36. The minimum atomic E-state index is -0.353. The van der Waals surface area contributed by atoms with Crippen molar-refractivity contribution in [2.24, 2.45) is 5.73 Å². The van der Waals surface area contributed by atoms with Crippen LogP contribution in [-0.4, -0.2) is 41.6 Å². The Morgan fingerprint density at radius 2 is 2.30 bits per heavy atom. The second-order valence-electron chi connectivity index (χ2n) is 6.07. The highest BCUT2D eigenvalue weighted by molar-refractivity contribution is 7.11. The molecule has 0 bridgehead atoms. The van der Waals surface area contributed by atoms with Crippen LogP contribution in [0.3, 0.4) is 0 Å². The quantitative estimate of drug-likeness (QED) is 0.862. The third-order valence-electron chi connectivity index (χ3n) is 3.45. The van der Waals surface area contributed by atoms with Gasteiger partial charge in [-0.3, -0.25) is 4.90 Å². The maximum Gasteiger partial charge on any atom is 0.357 e. The molecule has 0 amide bonds. The van der Waals surface area contributed by atoms with E-state index in [-0.39, 0.29) is 17.6 Å². The molecule has 0 aliphatic carbocycles. The molecule has 1 aliphatic rings. The number of nitrogens with zero attached hydrogens (tertiary/aromatic N) is 2. The molecule has 1 saturated heterocycles. The predicted molar refractivity (Wildman–Crippen MR) is 80.0 cm³/mol. The van der Waals surface area contributed by atoms with Gasteiger partial charge in [-0.2, -0.15) is 0 Å². The van der Waals surface area contributed by atoms with E-state index in [1.54, 1.807) is 11.3 Å². The number of carbonyl (C=O) groups excluding carboxylic acids is 1. The number of aromatic nitrogens is 1. The monoisotopic (exact) mass is 297 g/mol. The largest absolute Gasteiger partial charge is 0.464 e. The zero-order chi connectivity index (χ0) is 14.9. The summed E-state index contributed by atoms with van der Waals surface area (Å²) in [6.45, 7) is 7.87. The number of hydrogen-bond donors (Lipinski definition) is 1. The maximum absolute atomic E-state index is 11.7. The minimum absolute atomic E-state index is 0.222. The van der Waals surface area contributed by atoms with Crippen LogP contribution in [0.5, 0.6) is 0 Å². The Morgan fingerprint density at radius 1 is 1.60 bits per heavy atom. The van der Waals surface area contributed by atoms with Crippen LogP contribution in [0.4, 0.5) is 0 Å². The lowest BCUT2D eigenvalue weighted by Crippen LogP contribution is -2.45. The summed E-state index contributed by atoms with van der Waals surface area (Å²) in [5, 5.41) is 1.00. The van der Waals surface area contributed by atoms with Crippen molar-refractivity contribution in [2.45, 2.75) is 45.2 Å². The molecule has 2 rings (SSSR count). The van der Waals surface area contributed by atoms with Crippen molar-refractivity contribution in [3.05, 3.63) is 15.6 Å². The Morgan fingerprint density at radius 3 is 2.90 bits per heavy atom. The lowest BCUT2D eigenvalue weighted by Gasteiger charge is -2.30. The van der Waals surface area contributed by atoms with Gasteiger partial charge in [0.05, 0.1) is 13.2 Å². The van der Waals surface area contributed by atoms with E-state index in [0.717, 1.165) is 35.8 Å². The van der Waals surface area contributed by atoms with Gasteiger partial charge in [-0.05, 0) is 40.2 Å². The molecule has 1 aliphatic heterocycles. The van der Waals surface area contributed by atoms with Crippen LogP contribution in [0.25, 0.3) is 0 Å². The molecule has 2 heterocycles. The first kappa shape index (κ1) is 15.4. The minimum Gasteiger partial charge on any atom is -0.464 e. The third kappa shape index (κ3) is 3.37. The van der Waals surface area contributed by atoms with Crippen LogP contribution in [-0.2, 0) is 4.74 Å². The third-order valence-corrected chi connectivity index (χ3v) is 4.52. The molecule has 1 aromatic heterocycles. The Bertz CT molecular complexity index is 493. The molecule has 0 radical (unpaired) electrons. The summed E-state index contributed by atoms with van der Waals surface area (Å²) >= 11 is 1.59. The van der Waals surface area contributed by atoms with Crippen LogP contribution < -0.4 is 5.73 Å². The summed E-state index contributed by atoms with van der Waals surface area (Å²) in [5.74, 6) is -0.353. The Kier molecular flexibility index (Phi) is 4.46. The average Bonchev–Trinajstić information content (AvgIpc) is 2.92. The van der Waals surface area contributed by atoms with Crippen LogP contribution in [0.1, 0.15) is 53.1 Å². The summed E-state index contributed by atoms with van der Waals surface area (Å²) < 4.78 is 4.77. The van der Waals surface area contributed by atoms with Gasteiger partial charge in [-0.15, -0.1) is 11.3 Å². The number of hydrogen-bond acceptors (Lipinski definition) is 6. The molecule has 1 atom stereocenters. The molecule has 2 N–H and O–H groups in total. The van der Waals surface area contributed by atoms with E-state index in [2.05, 4.69) is 9.88 Å². The molecular formula is C14H23N3O2S. The number of likely N-dealkylation sites (tertiary alicyclic amines) is 1. The Balaban J connectivity index is 2.20. The molecule has 0 aromatic carbocycles. The average molecular weight is 297 g/mol. The number of thiazole rings is 1. The maximum atomic E-state index is 11.7. The smallest absolute Gasteiger partial charge is 0.357 e. The number of aryl methyl sites for hydroxylation is 1. The fraction of sp³-hybridized carbons (Fsp3) is 0.714. The molecule has 0 spiro atoms. The highest BCUT2D eigenvalue weighted by Crippen LogP contribution is 2.35. The lowest BCUT2D eigenvalue weighted by molar-refractivity contribution is 0.0593. The van der Waals surface area contributed by atoms with Crippen LogP contribution in [0, 0.1) is 6.92 Å². The predicted octanol–water partition coefficient (Wildman–Crippen LogP) is 2.11. The number of rotatable bonds is 4. The zero-order valence-electron chi connectivity index (χ0n) is 12.6. The van der Waals surface area contributed by atoms with Crippen molar-refractivity contribution in [2.75, 3.05) is 20.2 Å². The van der Waals surface area contributed by atoms with Crippen molar-refractivity contribution in [3.8, 4) is 0 Å². The van der Waals surface area contributed by atoms with Gasteiger partial charge in [0.1, 0.15) is 5.01 Å². The van der Waals surface area contributed by atoms with E-state index in [4.69, 9.17) is 10.5 Å². The molecule has 0 saturated carbocycles. The number of ether oxygens (including phenoxy) is 1. The van der Waals surface area contributed by atoms with Crippen molar-refractivity contribution >= 4 is 17.3 Å². The Hall–Kier alpha value is -0.980. The van der Waals surface area contributed by atoms with Gasteiger partial charge < -0.3 is 10.5 Å². The number of nitrogens with two attached hydrogens (primary N) is 1. The zero-order valence-corrected chi connectivity index (χ0v) is 13.4. The van der Waals surface area contributed by atoms with Gasteiger partial charge in [0.25, 0.3) is 0 Å². The van der Waals surface area contributed by atoms with Crippen LogP contribution in [0.2, 0.25) is 0 Å². The molecule has 112 valence electrons. The lowest BCUT2D eigenvalue weighted by atomic mass is 10.1. The summed E-state index contributed by atoms with van der Waals surface area (Å²) in [6, 6.07) is 0.278. The number of esters is 1. The number of carbonyl (C=O) groups is 1. The van der Waals surface area contributed by atoms with Crippen LogP contribution in [0.15, 0.2) is 0 Å². The van der Waals surface area contributed by atoms with E-state index in [0.29, 0.717) is 5.69 Å². The normalized spacial score (nSPS) is 20.4. The van der Waals surface area contributed by atoms with Crippen molar-refractivity contribution in [3.63, 3.8) is 0 Å². The first-order valence-electron chi connectivity index (χ1n) is 6.90. The second-order valence-corrected chi connectivity index (χ2v) is 7.30. The fourth-order valence-corrected chi connectivity index (χ4v) is 3.74. The van der Waals surface area contributed by atoms with Crippen molar-refractivity contribution < 1.29 is 9.53 Å². The number of methoxy groups -OCH3 is 1. The van der Waals surface area contributed by atoms with E-state index < -0.39 is 0 Å². The second kappa shape index (κ2) is 5.79. The van der Waals surface area contributed by atoms with Gasteiger partial charge in [-0.25, -0.2) is 9.78 Å². The molecule has 5 nitrogen and oxygen atoms in total. The first-order chi connectivity index (χ1) is 9.31. The van der Waals surface area contributed by atoms with Gasteiger partial charge in [0.2, 0.25) is 0 Å². The highest BCUT2D eigenvalue weighted by atomic mass is 32.1. The molecule has 20 heavy (non-hydrogen) atoms.